The van der Waals surface area contributed by atoms with Crippen molar-refractivity contribution in [2.24, 2.45) is 5.73 Å². The maximum atomic E-state index is 5.63. The summed E-state index contributed by atoms with van der Waals surface area (Å²) in [6.07, 6.45) is 2.36. The molecule has 0 unspecified atom stereocenters. The first-order valence-corrected chi connectivity index (χ1v) is 5.22. The van der Waals surface area contributed by atoms with Gasteiger partial charge in [0.15, 0.2) is 0 Å². The molecule has 0 saturated carbocycles. The van der Waals surface area contributed by atoms with Crippen LogP contribution in [0.15, 0.2) is 24.3 Å². The minimum Gasteiger partial charge on any atom is -0.489 e. The van der Waals surface area contributed by atoms with Crippen molar-refractivity contribution in [1.29, 1.82) is 0 Å². The van der Waals surface area contributed by atoms with Crippen LogP contribution in [0.3, 0.4) is 0 Å². The molecule has 1 aromatic carbocycles. The molecule has 0 aromatic heterocycles. The second-order valence-electron chi connectivity index (χ2n) is 3.56. The molecule has 78 valence electrons. The maximum absolute atomic E-state index is 5.63. The van der Waals surface area contributed by atoms with Crippen LogP contribution in [-0.4, -0.2) is 12.6 Å². The van der Waals surface area contributed by atoms with Gasteiger partial charge in [-0.1, -0.05) is 25.5 Å². The van der Waals surface area contributed by atoms with Gasteiger partial charge in [-0.25, -0.2) is 0 Å². The molecule has 0 aliphatic rings. The van der Waals surface area contributed by atoms with Crippen molar-refractivity contribution in [3.8, 4) is 5.75 Å². The van der Waals surface area contributed by atoms with Crippen LogP contribution in [0, 0.1) is 0 Å². The van der Waals surface area contributed by atoms with Gasteiger partial charge in [-0.3, -0.25) is 0 Å². The molecule has 1 rings (SSSR count). The molecule has 0 fully saturated rings. The maximum Gasteiger partial charge on any atom is 0.120 e. The van der Waals surface area contributed by atoms with Gasteiger partial charge in [0, 0.05) is 6.54 Å². The predicted octanol–water partition coefficient (Wildman–Crippen LogP) is 2.37. The zero-order chi connectivity index (χ0) is 10.4. The smallest absolute Gasteiger partial charge is 0.120 e. The summed E-state index contributed by atoms with van der Waals surface area (Å²) in [4.78, 5) is 0. The lowest BCUT2D eigenvalue weighted by molar-refractivity contribution is 0.229. The van der Waals surface area contributed by atoms with E-state index in [9.17, 15) is 0 Å². The van der Waals surface area contributed by atoms with Crippen LogP contribution >= 0.6 is 0 Å². The Bertz CT molecular complexity index is 273. The summed E-state index contributed by atoms with van der Waals surface area (Å²) in [5, 5.41) is 0. The fraction of sp³-hybridized carbons (Fsp3) is 0.500. The van der Waals surface area contributed by atoms with Gasteiger partial charge in [0.25, 0.3) is 0 Å². The summed E-state index contributed by atoms with van der Waals surface area (Å²) in [6, 6.07) is 8.23. The van der Waals surface area contributed by atoms with Gasteiger partial charge in [0.05, 0.1) is 0 Å². The van der Waals surface area contributed by atoms with Crippen molar-refractivity contribution < 1.29 is 4.74 Å². The van der Waals surface area contributed by atoms with Gasteiger partial charge in [-0.05, 0) is 31.0 Å². The van der Waals surface area contributed by atoms with Gasteiger partial charge < -0.3 is 10.5 Å². The van der Waals surface area contributed by atoms with Crippen molar-refractivity contribution in [3.05, 3.63) is 29.8 Å². The minimum atomic E-state index is 0.0897. The number of hydrogen-bond donors (Lipinski definition) is 1. The Morgan fingerprint density at radius 2 is 2.21 bits per heavy atom. The van der Waals surface area contributed by atoms with E-state index in [1.807, 2.05) is 19.1 Å². The van der Waals surface area contributed by atoms with E-state index in [1.54, 1.807) is 0 Å². The Hall–Kier alpha value is -1.02. The molecule has 0 radical (unpaired) electrons. The lowest BCUT2D eigenvalue weighted by Crippen LogP contribution is -2.22. The van der Waals surface area contributed by atoms with E-state index in [1.165, 1.54) is 5.56 Å². The molecule has 2 heteroatoms. The summed E-state index contributed by atoms with van der Waals surface area (Å²) >= 11 is 0. The lowest BCUT2D eigenvalue weighted by Gasteiger charge is -2.13. The third-order valence-corrected chi connectivity index (χ3v) is 2.11. The largest absolute Gasteiger partial charge is 0.489 e. The monoisotopic (exact) mass is 193 g/mol. The van der Waals surface area contributed by atoms with Gasteiger partial charge in [0.1, 0.15) is 11.9 Å². The first-order valence-electron chi connectivity index (χ1n) is 5.22. The Kier molecular flexibility index (Phi) is 4.47. The molecule has 1 atom stereocenters. The number of rotatable bonds is 5. The molecular formula is C12H19NO. The highest BCUT2D eigenvalue weighted by atomic mass is 16.5. The Morgan fingerprint density at radius 1 is 1.43 bits per heavy atom. The molecule has 0 heterocycles. The van der Waals surface area contributed by atoms with Crippen molar-refractivity contribution in [3.63, 3.8) is 0 Å². The number of benzene rings is 1. The molecule has 0 spiro atoms. The summed E-state index contributed by atoms with van der Waals surface area (Å²) in [6.45, 7) is 4.71. The quantitative estimate of drug-likeness (QED) is 0.779. The fourth-order valence-electron chi connectivity index (χ4n) is 1.34. The van der Waals surface area contributed by atoms with Crippen molar-refractivity contribution in [2.75, 3.05) is 6.54 Å². The molecule has 2 nitrogen and oxygen atoms in total. The molecule has 0 bridgehead atoms. The zero-order valence-electron chi connectivity index (χ0n) is 8.99. The standard InChI is InChI=1S/C12H19NO/c1-3-5-11-6-4-7-12(8-11)14-10(2)9-13/h4,6-8,10H,3,5,9,13H2,1-2H3/t10-/m0/s1. The second-order valence-corrected chi connectivity index (χ2v) is 3.56. The van der Waals surface area contributed by atoms with Crippen LogP contribution < -0.4 is 10.5 Å². The van der Waals surface area contributed by atoms with E-state index in [0.29, 0.717) is 6.54 Å². The fourth-order valence-corrected chi connectivity index (χ4v) is 1.34. The first-order chi connectivity index (χ1) is 6.76. The third-order valence-electron chi connectivity index (χ3n) is 2.11. The number of hydrogen-bond acceptors (Lipinski definition) is 2. The molecule has 14 heavy (non-hydrogen) atoms. The molecule has 0 amide bonds. The minimum absolute atomic E-state index is 0.0897. The van der Waals surface area contributed by atoms with Crippen LogP contribution in [0.4, 0.5) is 0 Å². The van der Waals surface area contributed by atoms with E-state index >= 15 is 0 Å². The Morgan fingerprint density at radius 3 is 2.86 bits per heavy atom. The van der Waals surface area contributed by atoms with E-state index in [0.717, 1.165) is 18.6 Å². The van der Waals surface area contributed by atoms with Crippen LogP contribution in [0.1, 0.15) is 25.8 Å². The van der Waals surface area contributed by atoms with Gasteiger partial charge in [-0.2, -0.15) is 0 Å². The highest BCUT2D eigenvalue weighted by molar-refractivity contribution is 5.28. The number of nitrogens with two attached hydrogens (primary N) is 1. The normalized spacial score (nSPS) is 12.5. The molecule has 0 aliphatic carbocycles. The summed E-state index contributed by atoms with van der Waals surface area (Å²) < 4.78 is 5.63. The van der Waals surface area contributed by atoms with Crippen molar-refractivity contribution >= 4 is 0 Å². The third kappa shape index (κ3) is 3.38. The van der Waals surface area contributed by atoms with Crippen molar-refractivity contribution in [1.82, 2.24) is 0 Å². The van der Waals surface area contributed by atoms with E-state index < -0.39 is 0 Å². The summed E-state index contributed by atoms with van der Waals surface area (Å²) in [7, 11) is 0. The van der Waals surface area contributed by atoms with E-state index in [2.05, 4.69) is 19.1 Å². The molecule has 2 N–H and O–H groups in total. The Balaban J connectivity index is 2.63. The number of aryl methyl sites for hydroxylation is 1. The first kappa shape index (κ1) is 11.1. The van der Waals surface area contributed by atoms with Gasteiger partial charge in [-0.15, -0.1) is 0 Å². The van der Waals surface area contributed by atoms with Gasteiger partial charge >= 0.3 is 0 Å². The predicted molar refractivity (Wildman–Crippen MR) is 59.6 cm³/mol. The average Bonchev–Trinajstić information content (AvgIpc) is 2.19. The van der Waals surface area contributed by atoms with E-state index in [4.69, 9.17) is 10.5 Å². The summed E-state index contributed by atoms with van der Waals surface area (Å²) in [5.74, 6) is 0.925. The lowest BCUT2D eigenvalue weighted by atomic mass is 10.1. The highest BCUT2D eigenvalue weighted by Gasteiger charge is 2.01. The van der Waals surface area contributed by atoms with Crippen LogP contribution in [0.5, 0.6) is 5.75 Å². The SMILES string of the molecule is CCCc1cccc(O[C@@H](C)CN)c1. The van der Waals surface area contributed by atoms with Crippen molar-refractivity contribution in [2.45, 2.75) is 32.8 Å². The number of ether oxygens (including phenoxy) is 1. The average molecular weight is 193 g/mol. The molecular weight excluding hydrogens is 174 g/mol. The van der Waals surface area contributed by atoms with Crippen LogP contribution in [0.25, 0.3) is 0 Å². The summed E-state index contributed by atoms with van der Waals surface area (Å²) in [5.41, 5.74) is 6.82. The molecule has 0 saturated heterocycles. The molecule has 1 aromatic rings. The topological polar surface area (TPSA) is 35.2 Å². The second kappa shape index (κ2) is 5.66. The van der Waals surface area contributed by atoms with Crippen LogP contribution in [0.2, 0.25) is 0 Å². The zero-order valence-corrected chi connectivity index (χ0v) is 8.99. The van der Waals surface area contributed by atoms with Crippen LogP contribution in [-0.2, 0) is 6.42 Å². The van der Waals surface area contributed by atoms with Gasteiger partial charge in [0.2, 0.25) is 0 Å². The van der Waals surface area contributed by atoms with E-state index in [-0.39, 0.29) is 6.10 Å². The highest BCUT2D eigenvalue weighted by Crippen LogP contribution is 2.15. The Labute approximate surface area is 86.1 Å². The molecule has 0 aliphatic heterocycles.